The van der Waals surface area contributed by atoms with Crippen LogP contribution >= 0.6 is 15.9 Å². The van der Waals surface area contributed by atoms with Crippen LogP contribution in [0.2, 0.25) is 0 Å². The molecule has 3 aromatic rings. The van der Waals surface area contributed by atoms with Gasteiger partial charge < -0.3 is 10.3 Å². The Morgan fingerprint density at radius 3 is 2.43 bits per heavy atom. The number of hydrogen-bond acceptors (Lipinski definition) is 3. The van der Waals surface area contributed by atoms with E-state index in [1.54, 1.807) is 19.1 Å². The van der Waals surface area contributed by atoms with Crippen molar-refractivity contribution >= 4 is 21.7 Å². The minimum Gasteiger partial charge on any atom is -0.380 e. The SMILES string of the molecule is Cc1ccc(-c2onc(N)c2-c2ccc(Br)cc2)cc1F. The molecule has 21 heavy (non-hydrogen) atoms. The van der Waals surface area contributed by atoms with Gasteiger partial charge in [0.1, 0.15) is 5.82 Å². The fourth-order valence-electron chi connectivity index (χ4n) is 2.13. The molecular weight excluding hydrogens is 335 g/mol. The molecule has 0 aliphatic heterocycles. The van der Waals surface area contributed by atoms with Crippen LogP contribution in [0.4, 0.5) is 10.2 Å². The van der Waals surface area contributed by atoms with Crippen LogP contribution in [0.1, 0.15) is 5.56 Å². The second-order valence-corrected chi connectivity index (χ2v) is 5.66. The molecule has 0 fully saturated rings. The smallest absolute Gasteiger partial charge is 0.177 e. The van der Waals surface area contributed by atoms with Gasteiger partial charge in [0.25, 0.3) is 0 Å². The van der Waals surface area contributed by atoms with Gasteiger partial charge in [0, 0.05) is 10.0 Å². The van der Waals surface area contributed by atoms with Gasteiger partial charge in [-0.05, 0) is 36.2 Å². The van der Waals surface area contributed by atoms with Crippen molar-refractivity contribution in [3.8, 4) is 22.5 Å². The first-order valence-electron chi connectivity index (χ1n) is 6.34. The third-order valence-corrected chi connectivity index (χ3v) is 3.81. The van der Waals surface area contributed by atoms with Gasteiger partial charge in [-0.25, -0.2) is 4.39 Å². The summed E-state index contributed by atoms with van der Waals surface area (Å²) < 4.78 is 20.0. The number of anilines is 1. The van der Waals surface area contributed by atoms with Crippen LogP contribution in [0.3, 0.4) is 0 Å². The van der Waals surface area contributed by atoms with E-state index >= 15 is 0 Å². The van der Waals surface area contributed by atoms with Gasteiger partial charge in [0.2, 0.25) is 0 Å². The summed E-state index contributed by atoms with van der Waals surface area (Å²) in [5.41, 5.74) is 8.64. The molecule has 0 spiro atoms. The zero-order chi connectivity index (χ0) is 15.0. The lowest BCUT2D eigenvalue weighted by molar-refractivity contribution is 0.436. The Morgan fingerprint density at radius 2 is 1.76 bits per heavy atom. The second kappa shape index (κ2) is 5.33. The van der Waals surface area contributed by atoms with Gasteiger partial charge in [-0.2, -0.15) is 0 Å². The molecule has 1 aromatic heterocycles. The molecule has 0 aliphatic carbocycles. The Bertz CT molecular complexity index is 797. The summed E-state index contributed by atoms with van der Waals surface area (Å²) in [6, 6.07) is 12.5. The average Bonchev–Trinajstić information content (AvgIpc) is 2.85. The van der Waals surface area contributed by atoms with Gasteiger partial charge in [-0.3, -0.25) is 0 Å². The molecule has 2 aromatic carbocycles. The van der Waals surface area contributed by atoms with E-state index in [9.17, 15) is 4.39 Å². The third kappa shape index (κ3) is 2.56. The van der Waals surface area contributed by atoms with Crippen LogP contribution in [0.15, 0.2) is 51.5 Å². The van der Waals surface area contributed by atoms with Crippen LogP contribution in [0.5, 0.6) is 0 Å². The Labute approximate surface area is 129 Å². The Morgan fingerprint density at radius 1 is 1.10 bits per heavy atom. The van der Waals surface area contributed by atoms with Crippen LogP contribution in [0, 0.1) is 12.7 Å². The molecule has 0 saturated heterocycles. The summed E-state index contributed by atoms with van der Waals surface area (Å²) in [5, 5.41) is 3.81. The van der Waals surface area contributed by atoms with E-state index in [-0.39, 0.29) is 11.6 Å². The summed E-state index contributed by atoms with van der Waals surface area (Å²) in [6.07, 6.45) is 0. The first kappa shape index (κ1) is 13.8. The molecule has 5 heteroatoms. The van der Waals surface area contributed by atoms with E-state index in [1.165, 1.54) is 6.07 Å². The predicted octanol–water partition coefficient (Wildman–Crippen LogP) is 4.80. The number of hydrogen-bond donors (Lipinski definition) is 1. The number of halogens is 2. The van der Waals surface area contributed by atoms with Crippen molar-refractivity contribution in [1.82, 2.24) is 5.16 Å². The Kier molecular flexibility index (Phi) is 3.51. The molecule has 0 saturated carbocycles. The molecule has 0 atom stereocenters. The normalized spacial score (nSPS) is 10.8. The lowest BCUT2D eigenvalue weighted by Gasteiger charge is -2.04. The van der Waals surface area contributed by atoms with Crippen LogP contribution < -0.4 is 5.73 Å². The molecule has 0 bridgehead atoms. The van der Waals surface area contributed by atoms with Crippen molar-refractivity contribution in [3.63, 3.8) is 0 Å². The molecule has 106 valence electrons. The van der Waals surface area contributed by atoms with E-state index in [0.717, 1.165) is 10.0 Å². The van der Waals surface area contributed by atoms with Crippen LogP contribution in [0.25, 0.3) is 22.5 Å². The highest BCUT2D eigenvalue weighted by molar-refractivity contribution is 9.10. The molecule has 3 rings (SSSR count). The van der Waals surface area contributed by atoms with Crippen molar-refractivity contribution in [2.24, 2.45) is 0 Å². The highest BCUT2D eigenvalue weighted by Gasteiger charge is 2.18. The van der Waals surface area contributed by atoms with Gasteiger partial charge in [-0.1, -0.05) is 45.4 Å². The van der Waals surface area contributed by atoms with Gasteiger partial charge in [-0.15, -0.1) is 0 Å². The topological polar surface area (TPSA) is 52.0 Å². The maximum absolute atomic E-state index is 13.8. The standard InChI is InChI=1S/C16H12BrFN2O/c1-9-2-3-11(8-13(9)18)15-14(16(19)20-21-15)10-4-6-12(17)7-5-10/h2-8H,1H3,(H2,19,20). The maximum atomic E-state index is 13.8. The second-order valence-electron chi connectivity index (χ2n) is 4.74. The zero-order valence-electron chi connectivity index (χ0n) is 11.2. The predicted molar refractivity (Wildman–Crippen MR) is 84.2 cm³/mol. The van der Waals surface area contributed by atoms with Crippen molar-refractivity contribution in [3.05, 3.63) is 58.3 Å². The number of nitrogens with two attached hydrogens (primary N) is 1. The number of rotatable bonds is 2. The molecule has 0 aliphatic rings. The summed E-state index contributed by atoms with van der Waals surface area (Å²) in [6.45, 7) is 1.71. The van der Waals surface area contributed by atoms with E-state index in [0.29, 0.717) is 22.5 Å². The van der Waals surface area contributed by atoms with Crippen molar-refractivity contribution < 1.29 is 8.91 Å². The summed E-state index contributed by atoms with van der Waals surface area (Å²) in [5.74, 6) is 0.464. The lowest BCUT2D eigenvalue weighted by Crippen LogP contribution is -1.89. The lowest BCUT2D eigenvalue weighted by atomic mass is 10.0. The third-order valence-electron chi connectivity index (χ3n) is 3.29. The number of nitrogens with zero attached hydrogens (tertiary/aromatic N) is 1. The first-order chi connectivity index (χ1) is 10.1. The van der Waals surface area contributed by atoms with Crippen LogP contribution in [-0.2, 0) is 0 Å². The average molecular weight is 347 g/mol. The summed E-state index contributed by atoms with van der Waals surface area (Å²) in [4.78, 5) is 0. The molecule has 0 unspecified atom stereocenters. The monoisotopic (exact) mass is 346 g/mol. The first-order valence-corrected chi connectivity index (χ1v) is 7.13. The van der Waals surface area contributed by atoms with Gasteiger partial charge >= 0.3 is 0 Å². The van der Waals surface area contributed by atoms with E-state index in [4.69, 9.17) is 10.3 Å². The fraction of sp³-hybridized carbons (Fsp3) is 0.0625. The molecule has 2 N–H and O–H groups in total. The van der Waals surface area contributed by atoms with Gasteiger partial charge in [0.05, 0.1) is 5.56 Å². The molecule has 0 amide bonds. The number of nitrogen functional groups attached to an aromatic ring is 1. The molecule has 3 nitrogen and oxygen atoms in total. The largest absolute Gasteiger partial charge is 0.380 e. The number of benzene rings is 2. The van der Waals surface area contributed by atoms with E-state index in [1.807, 2.05) is 24.3 Å². The maximum Gasteiger partial charge on any atom is 0.177 e. The number of aryl methyl sites for hydroxylation is 1. The van der Waals surface area contributed by atoms with Crippen molar-refractivity contribution in [2.45, 2.75) is 6.92 Å². The fourth-order valence-corrected chi connectivity index (χ4v) is 2.39. The highest BCUT2D eigenvalue weighted by Crippen LogP contribution is 2.37. The molecule has 0 radical (unpaired) electrons. The highest BCUT2D eigenvalue weighted by atomic mass is 79.9. The quantitative estimate of drug-likeness (QED) is 0.724. The molecule has 1 heterocycles. The van der Waals surface area contributed by atoms with Gasteiger partial charge in [0.15, 0.2) is 11.6 Å². The van der Waals surface area contributed by atoms with Crippen molar-refractivity contribution in [1.29, 1.82) is 0 Å². The number of aromatic nitrogens is 1. The van der Waals surface area contributed by atoms with E-state index in [2.05, 4.69) is 21.1 Å². The summed E-state index contributed by atoms with van der Waals surface area (Å²) in [7, 11) is 0. The minimum absolute atomic E-state index is 0.285. The van der Waals surface area contributed by atoms with Crippen LogP contribution in [-0.4, -0.2) is 5.16 Å². The Hall–Kier alpha value is -2.14. The van der Waals surface area contributed by atoms with E-state index < -0.39 is 0 Å². The Balaban J connectivity index is 2.16. The molecular formula is C16H12BrFN2O. The minimum atomic E-state index is -0.288. The van der Waals surface area contributed by atoms with Crippen molar-refractivity contribution in [2.75, 3.05) is 5.73 Å². The summed E-state index contributed by atoms with van der Waals surface area (Å²) >= 11 is 3.39. The zero-order valence-corrected chi connectivity index (χ0v) is 12.8.